The Hall–Kier alpha value is -2.05. The molecule has 130 valence electrons. The fraction of sp³-hybridized carbons (Fsp3) is 0.333. The van der Waals surface area contributed by atoms with Crippen molar-refractivity contribution in [3.63, 3.8) is 0 Å². The van der Waals surface area contributed by atoms with E-state index in [4.69, 9.17) is 0 Å². The summed E-state index contributed by atoms with van der Waals surface area (Å²) in [6.07, 6.45) is -3.81. The highest BCUT2D eigenvalue weighted by atomic mass is 19.4. The van der Waals surface area contributed by atoms with Gasteiger partial charge < -0.3 is 15.2 Å². The van der Waals surface area contributed by atoms with E-state index in [1.54, 1.807) is 6.07 Å². The van der Waals surface area contributed by atoms with E-state index >= 15 is 0 Å². The molecule has 0 fully saturated rings. The molecule has 0 aliphatic heterocycles. The van der Waals surface area contributed by atoms with Crippen LogP contribution in [0.5, 0.6) is 5.75 Å². The molecule has 2 aromatic rings. The van der Waals surface area contributed by atoms with Crippen LogP contribution < -0.4 is 10.1 Å². The van der Waals surface area contributed by atoms with Crippen molar-refractivity contribution in [1.82, 2.24) is 5.32 Å². The van der Waals surface area contributed by atoms with Gasteiger partial charge in [0.05, 0.1) is 6.10 Å². The maximum Gasteiger partial charge on any atom is 0.573 e. The van der Waals surface area contributed by atoms with Crippen molar-refractivity contribution in [1.29, 1.82) is 0 Å². The summed E-state index contributed by atoms with van der Waals surface area (Å²) in [5.41, 5.74) is 1.82. The number of halogens is 3. The standard InChI is InChI=1S/C18H20F3NO2/c19-18(20,21)24-17-8-4-7-15(11-17)12-22-13-16(23)10-9-14-5-2-1-3-6-14/h1-8,11,16,22-23H,9-10,12-13H2/t16-/m1/s1. The van der Waals surface area contributed by atoms with Gasteiger partial charge in [-0.1, -0.05) is 42.5 Å². The third-order valence-electron chi connectivity index (χ3n) is 3.45. The Balaban J connectivity index is 1.72. The molecule has 0 unspecified atom stereocenters. The van der Waals surface area contributed by atoms with Crippen LogP contribution in [0.15, 0.2) is 54.6 Å². The second-order valence-corrected chi connectivity index (χ2v) is 5.50. The molecular formula is C18H20F3NO2. The molecule has 0 amide bonds. The summed E-state index contributed by atoms with van der Waals surface area (Å²) < 4.78 is 40.4. The number of hydrogen-bond donors (Lipinski definition) is 2. The van der Waals surface area contributed by atoms with Crippen molar-refractivity contribution in [2.45, 2.75) is 31.9 Å². The van der Waals surface area contributed by atoms with Crippen LogP contribution in [0.1, 0.15) is 17.5 Å². The number of aliphatic hydroxyl groups is 1. The van der Waals surface area contributed by atoms with Gasteiger partial charge in [0.15, 0.2) is 0 Å². The zero-order valence-corrected chi connectivity index (χ0v) is 13.1. The first-order valence-electron chi connectivity index (χ1n) is 7.70. The fourth-order valence-corrected chi connectivity index (χ4v) is 2.32. The Labute approximate surface area is 139 Å². The van der Waals surface area contributed by atoms with E-state index in [1.165, 1.54) is 18.2 Å². The predicted molar refractivity (Wildman–Crippen MR) is 85.6 cm³/mol. The van der Waals surface area contributed by atoms with Crippen LogP contribution >= 0.6 is 0 Å². The minimum absolute atomic E-state index is 0.244. The number of benzene rings is 2. The predicted octanol–water partition coefficient (Wildman–Crippen LogP) is 3.67. The molecule has 1 atom stereocenters. The van der Waals surface area contributed by atoms with Gasteiger partial charge in [0.2, 0.25) is 0 Å². The highest BCUT2D eigenvalue weighted by Gasteiger charge is 2.31. The number of ether oxygens (including phenoxy) is 1. The first-order valence-corrected chi connectivity index (χ1v) is 7.70. The SMILES string of the molecule is O[C@H](CCc1ccccc1)CNCc1cccc(OC(F)(F)F)c1. The van der Waals surface area contributed by atoms with E-state index in [0.717, 1.165) is 12.0 Å². The summed E-state index contributed by atoms with van der Waals surface area (Å²) in [7, 11) is 0. The Morgan fingerprint density at radius 3 is 2.42 bits per heavy atom. The zero-order chi connectivity index (χ0) is 17.4. The number of hydrogen-bond acceptors (Lipinski definition) is 3. The quantitative estimate of drug-likeness (QED) is 0.771. The molecule has 0 radical (unpaired) electrons. The maximum atomic E-state index is 12.2. The highest BCUT2D eigenvalue weighted by molar-refractivity contribution is 5.28. The highest BCUT2D eigenvalue weighted by Crippen LogP contribution is 2.23. The molecule has 6 heteroatoms. The lowest BCUT2D eigenvalue weighted by atomic mass is 10.1. The van der Waals surface area contributed by atoms with Gasteiger partial charge in [-0.3, -0.25) is 0 Å². The summed E-state index contributed by atoms with van der Waals surface area (Å²) in [6, 6.07) is 15.7. The number of aryl methyl sites for hydroxylation is 1. The van der Waals surface area contributed by atoms with Gasteiger partial charge in [0.25, 0.3) is 0 Å². The molecule has 2 rings (SSSR count). The smallest absolute Gasteiger partial charge is 0.406 e. The van der Waals surface area contributed by atoms with Crippen LogP contribution in [0.3, 0.4) is 0 Å². The molecule has 0 aromatic heterocycles. The van der Waals surface area contributed by atoms with E-state index in [0.29, 0.717) is 25.1 Å². The van der Waals surface area contributed by atoms with Crippen LogP contribution in [-0.2, 0) is 13.0 Å². The van der Waals surface area contributed by atoms with Gasteiger partial charge in [0, 0.05) is 13.1 Å². The summed E-state index contributed by atoms with van der Waals surface area (Å²) in [5.74, 6) is -0.244. The normalized spacial score (nSPS) is 12.8. The lowest BCUT2D eigenvalue weighted by Gasteiger charge is -2.13. The number of aliphatic hydroxyl groups excluding tert-OH is 1. The van der Waals surface area contributed by atoms with E-state index in [2.05, 4.69) is 10.1 Å². The lowest BCUT2D eigenvalue weighted by molar-refractivity contribution is -0.274. The average Bonchev–Trinajstić information content (AvgIpc) is 2.53. The molecule has 0 bridgehead atoms. The first-order chi connectivity index (χ1) is 11.4. The van der Waals surface area contributed by atoms with Crippen LogP contribution in [-0.4, -0.2) is 24.1 Å². The third-order valence-corrected chi connectivity index (χ3v) is 3.45. The summed E-state index contributed by atoms with van der Waals surface area (Å²) in [5, 5.41) is 13.0. The Bertz CT molecular complexity index is 617. The molecule has 0 saturated heterocycles. The molecule has 3 nitrogen and oxygen atoms in total. The molecule has 0 aliphatic carbocycles. The zero-order valence-electron chi connectivity index (χ0n) is 13.1. The van der Waals surface area contributed by atoms with Gasteiger partial charge in [-0.2, -0.15) is 0 Å². The topological polar surface area (TPSA) is 41.5 Å². The maximum absolute atomic E-state index is 12.2. The Morgan fingerprint density at radius 2 is 1.71 bits per heavy atom. The van der Waals surface area contributed by atoms with Crippen LogP contribution in [0.2, 0.25) is 0 Å². The van der Waals surface area contributed by atoms with Crippen molar-refractivity contribution in [3.8, 4) is 5.75 Å². The lowest BCUT2D eigenvalue weighted by Crippen LogP contribution is -2.26. The van der Waals surface area contributed by atoms with E-state index in [9.17, 15) is 18.3 Å². The Kier molecular flexibility index (Phi) is 6.63. The summed E-state index contributed by atoms with van der Waals surface area (Å²) in [6.45, 7) is 0.731. The Morgan fingerprint density at radius 1 is 1.00 bits per heavy atom. The van der Waals surface area contributed by atoms with E-state index in [-0.39, 0.29) is 5.75 Å². The van der Waals surface area contributed by atoms with Crippen LogP contribution in [0.4, 0.5) is 13.2 Å². The van der Waals surface area contributed by atoms with Gasteiger partial charge in [-0.15, -0.1) is 13.2 Å². The monoisotopic (exact) mass is 339 g/mol. The van der Waals surface area contributed by atoms with Gasteiger partial charge in [-0.05, 0) is 36.1 Å². The molecule has 0 saturated carbocycles. The van der Waals surface area contributed by atoms with Gasteiger partial charge in [0.1, 0.15) is 5.75 Å². The largest absolute Gasteiger partial charge is 0.573 e. The third kappa shape index (κ3) is 7.02. The van der Waals surface area contributed by atoms with Crippen molar-refractivity contribution in [2.75, 3.05) is 6.54 Å². The number of nitrogens with one attached hydrogen (secondary N) is 1. The van der Waals surface area contributed by atoms with E-state index < -0.39 is 12.5 Å². The van der Waals surface area contributed by atoms with E-state index in [1.807, 2.05) is 30.3 Å². The first kappa shape index (κ1) is 18.3. The van der Waals surface area contributed by atoms with Crippen molar-refractivity contribution in [3.05, 3.63) is 65.7 Å². The average molecular weight is 339 g/mol. The van der Waals surface area contributed by atoms with Gasteiger partial charge in [-0.25, -0.2) is 0 Å². The molecule has 0 aliphatic rings. The number of alkyl halides is 3. The molecular weight excluding hydrogens is 319 g/mol. The molecule has 2 N–H and O–H groups in total. The second kappa shape index (κ2) is 8.70. The molecule has 2 aromatic carbocycles. The molecule has 24 heavy (non-hydrogen) atoms. The van der Waals surface area contributed by atoms with Gasteiger partial charge >= 0.3 is 6.36 Å². The van der Waals surface area contributed by atoms with Crippen LogP contribution in [0, 0.1) is 0 Å². The second-order valence-electron chi connectivity index (χ2n) is 5.50. The van der Waals surface area contributed by atoms with Crippen molar-refractivity contribution in [2.24, 2.45) is 0 Å². The van der Waals surface area contributed by atoms with Crippen molar-refractivity contribution >= 4 is 0 Å². The van der Waals surface area contributed by atoms with Crippen LogP contribution in [0.25, 0.3) is 0 Å². The number of rotatable bonds is 8. The van der Waals surface area contributed by atoms with Crippen molar-refractivity contribution < 1.29 is 23.0 Å². The minimum atomic E-state index is -4.69. The minimum Gasteiger partial charge on any atom is -0.406 e. The molecule has 0 spiro atoms. The molecule has 0 heterocycles. The summed E-state index contributed by atoms with van der Waals surface area (Å²) in [4.78, 5) is 0. The summed E-state index contributed by atoms with van der Waals surface area (Å²) >= 11 is 0. The fourth-order valence-electron chi connectivity index (χ4n) is 2.32.